The number of carbonyl (C=O) groups is 1. The summed E-state index contributed by atoms with van der Waals surface area (Å²) in [6, 6.07) is 11.5. The van der Waals surface area contributed by atoms with Crippen LogP contribution in [0.1, 0.15) is 22.0 Å². The van der Waals surface area contributed by atoms with Crippen molar-refractivity contribution in [3.63, 3.8) is 0 Å². The van der Waals surface area contributed by atoms with Crippen molar-refractivity contribution in [2.24, 2.45) is 0 Å². The lowest BCUT2D eigenvalue weighted by molar-refractivity contribution is 0.0162. The first-order valence-electron chi connectivity index (χ1n) is 9.20. The molecule has 0 aliphatic carbocycles. The Morgan fingerprint density at radius 3 is 2.50 bits per heavy atom. The molecule has 7 heteroatoms. The fourth-order valence-corrected chi connectivity index (χ4v) is 3.38. The Hall–Kier alpha value is -2.64. The van der Waals surface area contributed by atoms with Gasteiger partial charge in [-0.25, -0.2) is 4.39 Å². The molecule has 0 aromatic heterocycles. The van der Waals surface area contributed by atoms with Gasteiger partial charge in [-0.2, -0.15) is 0 Å². The molecule has 2 aromatic rings. The second kappa shape index (κ2) is 9.52. The fourth-order valence-electron chi connectivity index (χ4n) is 3.38. The molecule has 1 fully saturated rings. The van der Waals surface area contributed by atoms with Gasteiger partial charge >= 0.3 is 0 Å². The Kier molecular flexibility index (Phi) is 6.84. The largest absolute Gasteiger partial charge is 0.493 e. The number of nitrogens with one attached hydrogen (secondary N) is 1. The predicted octanol–water partition coefficient (Wildman–Crippen LogP) is 2.65. The van der Waals surface area contributed by atoms with Crippen molar-refractivity contribution >= 4 is 5.91 Å². The van der Waals surface area contributed by atoms with Crippen LogP contribution >= 0.6 is 0 Å². The molecule has 1 saturated heterocycles. The van der Waals surface area contributed by atoms with E-state index in [4.69, 9.17) is 14.2 Å². The lowest BCUT2D eigenvalue weighted by Gasteiger charge is -2.35. The predicted molar refractivity (Wildman–Crippen MR) is 103 cm³/mol. The fraction of sp³-hybridized carbons (Fsp3) is 0.381. The number of amides is 1. The van der Waals surface area contributed by atoms with Gasteiger partial charge in [0, 0.05) is 19.6 Å². The molecular weight excluding hydrogens is 363 g/mol. The number of hydrogen-bond donors (Lipinski definition) is 1. The zero-order chi connectivity index (χ0) is 19.9. The van der Waals surface area contributed by atoms with E-state index in [0.717, 1.165) is 18.7 Å². The molecule has 0 spiro atoms. The summed E-state index contributed by atoms with van der Waals surface area (Å²) in [5, 5.41) is 2.98. The summed E-state index contributed by atoms with van der Waals surface area (Å²) in [4.78, 5) is 15.1. The molecule has 1 aliphatic heterocycles. The number of carbonyl (C=O) groups excluding carboxylic acids is 1. The topological polar surface area (TPSA) is 60.0 Å². The number of para-hydroxylation sites is 1. The van der Waals surface area contributed by atoms with Gasteiger partial charge < -0.3 is 19.5 Å². The molecule has 0 unspecified atom stereocenters. The molecule has 1 amide bonds. The first-order valence-corrected chi connectivity index (χ1v) is 9.20. The third-order valence-corrected chi connectivity index (χ3v) is 4.84. The highest BCUT2D eigenvalue weighted by Crippen LogP contribution is 2.30. The van der Waals surface area contributed by atoms with Crippen molar-refractivity contribution in [1.82, 2.24) is 10.2 Å². The van der Waals surface area contributed by atoms with Gasteiger partial charge in [0.2, 0.25) is 0 Å². The molecule has 6 nitrogen and oxygen atoms in total. The van der Waals surface area contributed by atoms with Crippen molar-refractivity contribution in [1.29, 1.82) is 0 Å². The first kappa shape index (κ1) is 20.1. The molecule has 0 saturated carbocycles. The Balaban J connectivity index is 1.78. The smallest absolute Gasteiger partial charge is 0.255 e. The molecule has 2 aromatic carbocycles. The van der Waals surface area contributed by atoms with Crippen LogP contribution in [0.15, 0.2) is 42.5 Å². The second-order valence-electron chi connectivity index (χ2n) is 6.47. The number of benzene rings is 2. The molecular formula is C21H25FN2O4. The summed E-state index contributed by atoms with van der Waals surface area (Å²) >= 11 is 0. The molecule has 1 N–H and O–H groups in total. The summed E-state index contributed by atoms with van der Waals surface area (Å²) in [5.74, 6) is 0.358. The van der Waals surface area contributed by atoms with Crippen LogP contribution in [0.5, 0.6) is 11.5 Å². The van der Waals surface area contributed by atoms with Crippen molar-refractivity contribution < 1.29 is 23.4 Å². The number of morpholine rings is 1. The van der Waals surface area contributed by atoms with E-state index in [2.05, 4.69) is 10.2 Å². The van der Waals surface area contributed by atoms with Crippen LogP contribution in [0.2, 0.25) is 0 Å². The lowest BCUT2D eigenvalue weighted by atomic mass is 10.0. The van der Waals surface area contributed by atoms with E-state index in [1.165, 1.54) is 26.4 Å². The van der Waals surface area contributed by atoms with Crippen molar-refractivity contribution in [3.05, 3.63) is 59.4 Å². The van der Waals surface area contributed by atoms with Crippen LogP contribution in [0.4, 0.5) is 4.39 Å². The van der Waals surface area contributed by atoms with E-state index in [-0.39, 0.29) is 17.8 Å². The minimum absolute atomic E-state index is 0.0787. The standard InChI is InChI=1S/C21H25FN2O4/c1-26-19-5-3-4-17(20(19)27-2)21(25)23-14-18(24-10-12-28-13-11-24)15-6-8-16(22)9-7-15/h3-9,18H,10-14H2,1-2H3,(H,23,25)/t18-/m1/s1. The van der Waals surface area contributed by atoms with E-state index < -0.39 is 0 Å². The van der Waals surface area contributed by atoms with Crippen molar-refractivity contribution in [3.8, 4) is 11.5 Å². The molecule has 0 radical (unpaired) electrons. The van der Waals surface area contributed by atoms with Gasteiger partial charge in [0.15, 0.2) is 11.5 Å². The van der Waals surface area contributed by atoms with E-state index in [1.807, 2.05) is 0 Å². The third kappa shape index (κ3) is 4.61. The first-order chi connectivity index (χ1) is 13.6. The van der Waals surface area contributed by atoms with E-state index in [0.29, 0.717) is 36.8 Å². The van der Waals surface area contributed by atoms with Crippen LogP contribution in [-0.2, 0) is 4.74 Å². The normalized spacial score (nSPS) is 15.7. The maximum Gasteiger partial charge on any atom is 0.255 e. The molecule has 0 bridgehead atoms. The van der Waals surface area contributed by atoms with Gasteiger partial charge in [-0.05, 0) is 29.8 Å². The highest BCUT2D eigenvalue weighted by Gasteiger charge is 2.24. The van der Waals surface area contributed by atoms with Gasteiger partial charge in [-0.15, -0.1) is 0 Å². The van der Waals surface area contributed by atoms with Gasteiger partial charge in [-0.1, -0.05) is 18.2 Å². The van der Waals surface area contributed by atoms with E-state index in [1.54, 1.807) is 30.3 Å². The maximum absolute atomic E-state index is 13.4. The van der Waals surface area contributed by atoms with Crippen LogP contribution in [-0.4, -0.2) is 57.9 Å². The number of ether oxygens (including phenoxy) is 3. The molecule has 1 atom stereocenters. The molecule has 28 heavy (non-hydrogen) atoms. The summed E-state index contributed by atoms with van der Waals surface area (Å²) in [6.07, 6.45) is 0. The van der Waals surface area contributed by atoms with Crippen molar-refractivity contribution in [2.45, 2.75) is 6.04 Å². The Morgan fingerprint density at radius 1 is 1.14 bits per heavy atom. The van der Waals surface area contributed by atoms with Gasteiger partial charge in [-0.3, -0.25) is 9.69 Å². The van der Waals surface area contributed by atoms with E-state index in [9.17, 15) is 9.18 Å². The van der Waals surface area contributed by atoms with Crippen LogP contribution in [0.25, 0.3) is 0 Å². The quantitative estimate of drug-likeness (QED) is 0.790. The zero-order valence-corrected chi connectivity index (χ0v) is 16.1. The van der Waals surface area contributed by atoms with Crippen molar-refractivity contribution in [2.75, 3.05) is 47.1 Å². The molecule has 1 heterocycles. The number of nitrogens with zero attached hydrogens (tertiary/aromatic N) is 1. The molecule has 3 rings (SSSR count). The van der Waals surface area contributed by atoms with Gasteiger partial charge in [0.25, 0.3) is 5.91 Å². The van der Waals surface area contributed by atoms with Crippen LogP contribution < -0.4 is 14.8 Å². The summed E-state index contributed by atoms with van der Waals surface area (Å²) in [7, 11) is 3.03. The summed E-state index contributed by atoms with van der Waals surface area (Å²) in [6.45, 7) is 3.15. The maximum atomic E-state index is 13.4. The monoisotopic (exact) mass is 388 g/mol. The van der Waals surface area contributed by atoms with Crippen LogP contribution in [0.3, 0.4) is 0 Å². The minimum atomic E-state index is -0.283. The second-order valence-corrected chi connectivity index (χ2v) is 6.47. The third-order valence-electron chi connectivity index (χ3n) is 4.84. The summed E-state index contributed by atoms with van der Waals surface area (Å²) in [5.41, 5.74) is 1.35. The number of halogens is 1. The lowest BCUT2D eigenvalue weighted by Crippen LogP contribution is -2.43. The number of methoxy groups -OCH3 is 2. The van der Waals surface area contributed by atoms with E-state index >= 15 is 0 Å². The number of hydrogen-bond acceptors (Lipinski definition) is 5. The minimum Gasteiger partial charge on any atom is -0.493 e. The highest BCUT2D eigenvalue weighted by atomic mass is 19.1. The Labute approximate surface area is 164 Å². The SMILES string of the molecule is COc1cccc(C(=O)NC[C@H](c2ccc(F)cc2)N2CCOCC2)c1OC. The average Bonchev–Trinajstić information content (AvgIpc) is 2.75. The van der Waals surface area contributed by atoms with Gasteiger partial charge in [0.1, 0.15) is 5.82 Å². The Morgan fingerprint density at radius 2 is 1.86 bits per heavy atom. The zero-order valence-electron chi connectivity index (χ0n) is 16.1. The average molecular weight is 388 g/mol. The number of rotatable bonds is 7. The molecule has 150 valence electrons. The van der Waals surface area contributed by atoms with Crippen LogP contribution in [0, 0.1) is 5.82 Å². The summed E-state index contributed by atoms with van der Waals surface area (Å²) < 4.78 is 29.4. The Bertz CT molecular complexity index is 791. The highest BCUT2D eigenvalue weighted by molar-refractivity contribution is 5.97. The van der Waals surface area contributed by atoms with Gasteiger partial charge in [0.05, 0.1) is 39.0 Å². The molecule has 1 aliphatic rings.